The predicted octanol–water partition coefficient (Wildman–Crippen LogP) is 4.60. The van der Waals surface area contributed by atoms with Gasteiger partial charge in [0.25, 0.3) is 0 Å². The fourth-order valence-electron chi connectivity index (χ4n) is 2.45. The van der Waals surface area contributed by atoms with E-state index in [2.05, 4.69) is 17.4 Å². The van der Waals surface area contributed by atoms with Crippen molar-refractivity contribution in [3.63, 3.8) is 0 Å². The van der Waals surface area contributed by atoms with Gasteiger partial charge in [-0.25, -0.2) is 4.39 Å². The van der Waals surface area contributed by atoms with Crippen LogP contribution in [0.5, 0.6) is 5.75 Å². The third-order valence-corrected chi connectivity index (χ3v) is 4.69. The van der Waals surface area contributed by atoms with Crippen LogP contribution in [0.1, 0.15) is 31.4 Å². The molecule has 0 radical (unpaired) electrons. The molecular formula is C21H26FNO2S. The molecule has 0 bridgehead atoms. The smallest absolute Gasteiger partial charge is 0.230 e. The lowest BCUT2D eigenvalue weighted by molar-refractivity contribution is -0.118. The van der Waals surface area contributed by atoms with Gasteiger partial charge in [-0.05, 0) is 56.0 Å². The van der Waals surface area contributed by atoms with E-state index in [4.69, 9.17) is 4.74 Å². The summed E-state index contributed by atoms with van der Waals surface area (Å²) in [6.07, 6.45) is 1.96. The second-order valence-corrected chi connectivity index (χ2v) is 7.33. The van der Waals surface area contributed by atoms with Crippen LogP contribution in [-0.2, 0) is 17.0 Å². The van der Waals surface area contributed by atoms with E-state index in [1.807, 2.05) is 26.0 Å². The van der Waals surface area contributed by atoms with E-state index in [0.717, 1.165) is 18.6 Å². The van der Waals surface area contributed by atoms with Gasteiger partial charge in [-0.15, -0.1) is 11.8 Å². The highest BCUT2D eigenvalue weighted by Gasteiger charge is 2.05. The van der Waals surface area contributed by atoms with Crippen molar-refractivity contribution in [1.29, 1.82) is 0 Å². The van der Waals surface area contributed by atoms with Crippen LogP contribution in [0.2, 0.25) is 0 Å². The number of hydrogen-bond donors (Lipinski definition) is 1. The lowest BCUT2D eigenvalue weighted by atomic mass is 10.1. The van der Waals surface area contributed by atoms with E-state index in [1.54, 1.807) is 18.2 Å². The fourth-order valence-corrected chi connectivity index (χ4v) is 3.29. The van der Waals surface area contributed by atoms with Crippen LogP contribution in [0, 0.1) is 5.82 Å². The van der Waals surface area contributed by atoms with Crippen LogP contribution < -0.4 is 10.1 Å². The van der Waals surface area contributed by atoms with Crippen molar-refractivity contribution in [1.82, 2.24) is 5.32 Å². The highest BCUT2D eigenvalue weighted by molar-refractivity contribution is 7.99. The monoisotopic (exact) mass is 375 g/mol. The van der Waals surface area contributed by atoms with Crippen LogP contribution in [0.25, 0.3) is 0 Å². The lowest BCUT2D eigenvalue weighted by Gasteiger charge is -2.10. The molecule has 1 amide bonds. The molecule has 0 aromatic heterocycles. The number of ether oxygens (including phenoxy) is 1. The second-order valence-electron chi connectivity index (χ2n) is 6.35. The maximum Gasteiger partial charge on any atom is 0.230 e. The molecule has 140 valence electrons. The molecule has 26 heavy (non-hydrogen) atoms. The van der Waals surface area contributed by atoms with Gasteiger partial charge < -0.3 is 10.1 Å². The third-order valence-electron chi connectivity index (χ3n) is 3.71. The first-order chi connectivity index (χ1) is 12.5. The first-order valence-corrected chi connectivity index (χ1v) is 10.0. The van der Waals surface area contributed by atoms with Crippen molar-refractivity contribution in [2.24, 2.45) is 0 Å². The van der Waals surface area contributed by atoms with Gasteiger partial charge in [0.05, 0.1) is 11.9 Å². The Labute approximate surface area is 159 Å². The van der Waals surface area contributed by atoms with Crippen molar-refractivity contribution in [2.75, 3.05) is 12.3 Å². The van der Waals surface area contributed by atoms with Crippen molar-refractivity contribution >= 4 is 17.7 Å². The van der Waals surface area contributed by atoms with Crippen molar-refractivity contribution in [2.45, 2.75) is 38.5 Å². The quantitative estimate of drug-likeness (QED) is 0.617. The number of rotatable bonds is 10. The number of hydrogen-bond acceptors (Lipinski definition) is 3. The Morgan fingerprint density at radius 1 is 1.15 bits per heavy atom. The van der Waals surface area contributed by atoms with Gasteiger partial charge in [-0.1, -0.05) is 30.3 Å². The molecule has 0 aliphatic rings. The van der Waals surface area contributed by atoms with E-state index in [0.29, 0.717) is 23.6 Å². The molecule has 0 aliphatic heterocycles. The van der Waals surface area contributed by atoms with Crippen molar-refractivity contribution in [3.8, 4) is 5.75 Å². The van der Waals surface area contributed by atoms with E-state index in [-0.39, 0.29) is 17.8 Å². The minimum absolute atomic E-state index is 0.00739. The van der Waals surface area contributed by atoms with E-state index >= 15 is 0 Å². The average Bonchev–Trinajstić information content (AvgIpc) is 2.61. The fraction of sp³-hybridized carbons (Fsp3) is 0.381. The maximum absolute atomic E-state index is 13.5. The number of carbonyl (C=O) groups is 1. The Morgan fingerprint density at radius 2 is 1.88 bits per heavy atom. The first-order valence-electron chi connectivity index (χ1n) is 8.88. The molecule has 0 heterocycles. The molecule has 2 rings (SSSR count). The van der Waals surface area contributed by atoms with Crippen molar-refractivity contribution in [3.05, 3.63) is 65.5 Å². The first kappa shape index (κ1) is 20.3. The SMILES string of the molecule is CC(C)Oc1ccc(CCCNC(=O)CSCc2ccccc2F)cc1. The Bertz CT molecular complexity index is 689. The Morgan fingerprint density at radius 3 is 2.58 bits per heavy atom. The average molecular weight is 376 g/mol. The topological polar surface area (TPSA) is 38.3 Å². The zero-order valence-electron chi connectivity index (χ0n) is 15.3. The van der Waals surface area contributed by atoms with Crippen LogP contribution in [0.4, 0.5) is 4.39 Å². The normalized spacial score (nSPS) is 10.8. The van der Waals surface area contributed by atoms with Crippen LogP contribution in [-0.4, -0.2) is 24.3 Å². The van der Waals surface area contributed by atoms with E-state index < -0.39 is 0 Å². The third kappa shape index (κ3) is 7.48. The van der Waals surface area contributed by atoms with Crippen molar-refractivity contribution < 1.29 is 13.9 Å². The number of benzene rings is 2. The number of aryl methyl sites for hydroxylation is 1. The maximum atomic E-state index is 13.5. The molecule has 0 saturated carbocycles. The molecule has 0 atom stereocenters. The summed E-state index contributed by atoms with van der Waals surface area (Å²) in [5.41, 5.74) is 1.86. The molecule has 0 saturated heterocycles. The van der Waals surface area contributed by atoms with Crippen LogP contribution in [0.3, 0.4) is 0 Å². The zero-order chi connectivity index (χ0) is 18.8. The summed E-state index contributed by atoms with van der Waals surface area (Å²) in [6.45, 7) is 4.65. The summed E-state index contributed by atoms with van der Waals surface area (Å²) < 4.78 is 19.1. The number of halogens is 1. The van der Waals surface area contributed by atoms with Gasteiger partial charge in [0, 0.05) is 12.3 Å². The van der Waals surface area contributed by atoms with Gasteiger partial charge in [0.1, 0.15) is 11.6 Å². The molecule has 0 spiro atoms. The number of carbonyl (C=O) groups excluding carboxylic acids is 1. The molecule has 1 N–H and O–H groups in total. The van der Waals surface area contributed by atoms with E-state index in [1.165, 1.54) is 23.4 Å². The number of amides is 1. The highest BCUT2D eigenvalue weighted by Crippen LogP contribution is 2.16. The highest BCUT2D eigenvalue weighted by atomic mass is 32.2. The van der Waals surface area contributed by atoms with Crippen LogP contribution in [0.15, 0.2) is 48.5 Å². The summed E-state index contributed by atoms with van der Waals surface area (Å²) in [5, 5.41) is 2.91. The predicted molar refractivity (Wildman–Crippen MR) is 106 cm³/mol. The largest absolute Gasteiger partial charge is 0.491 e. The van der Waals surface area contributed by atoms with Gasteiger partial charge in [-0.2, -0.15) is 0 Å². The number of nitrogens with one attached hydrogen (secondary N) is 1. The van der Waals surface area contributed by atoms with Gasteiger partial charge in [0.2, 0.25) is 5.91 Å². The summed E-state index contributed by atoms with van der Waals surface area (Å²) in [6, 6.07) is 14.7. The molecular weight excluding hydrogens is 349 g/mol. The summed E-state index contributed by atoms with van der Waals surface area (Å²) in [5.74, 6) is 1.50. The minimum Gasteiger partial charge on any atom is -0.491 e. The zero-order valence-corrected chi connectivity index (χ0v) is 16.2. The van der Waals surface area contributed by atoms with Crippen LogP contribution >= 0.6 is 11.8 Å². The Hall–Kier alpha value is -2.01. The molecule has 5 heteroatoms. The Kier molecular flexibility index (Phi) is 8.48. The molecule has 3 nitrogen and oxygen atoms in total. The molecule has 2 aromatic rings. The molecule has 2 aromatic carbocycles. The summed E-state index contributed by atoms with van der Waals surface area (Å²) in [4.78, 5) is 11.8. The van der Waals surface area contributed by atoms with Gasteiger partial charge in [0.15, 0.2) is 0 Å². The lowest BCUT2D eigenvalue weighted by Crippen LogP contribution is -2.26. The minimum atomic E-state index is -0.217. The summed E-state index contributed by atoms with van der Waals surface area (Å²) >= 11 is 1.42. The number of thioether (sulfide) groups is 1. The molecule has 0 aliphatic carbocycles. The van der Waals surface area contributed by atoms with Gasteiger partial charge >= 0.3 is 0 Å². The Balaban J connectivity index is 1.59. The standard InChI is InChI=1S/C21H26FNO2S/c1-16(2)25-19-11-9-17(10-12-19)6-5-13-23-21(24)15-26-14-18-7-3-4-8-20(18)22/h3-4,7-12,16H,5-6,13-15H2,1-2H3,(H,23,24). The summed E-state index contributed by atoms with van der Waals surface area (Å²) in [7, 11) is 0. The second kappa shape index (κ2) is 10.9. The molecule has 0 unspecified atom stereocenters. The molecule has 0 fully saturated rings. The van der Waals surface area contributed by atoms with E-state index in [9.17, 15) is 9.18 Å². The van der Waals surface area contributed by atoms with Gasteiger partial charge in [-0.3, -0.25) is 4.79 Å².